The van der Waals surface area contributed by atoms with Crippen molar-refractivity contribution in [3.63, 3.8) is 0 Å². The van der Waals surface area contributed by atoms with Crippen LogP contribution in [0.25, 0.3) is 0 Å². The maximum atomic E-state index is 12.9. The Hall–Kier alpha value is -2.16. The molecule has 2 aromatic rings. The Kier molecular flexibility index (Phi) is 4.68. The molecule has 0 saturated carbocycles. The van der Waals surface area contributed by atoms with Crippen molar-refractivity contribution in [3.05, 3.63) is 53.9 Å². The highest BCUT2D eigenvalue weighted by molar-refractivity contribution is 7.89. The predicted molar refractivity (Wildman–Crippen MR) is 92.7 cm³/mol. The van der Waals surface area contributed by atoms with Gasteiger partial charge in [-0.05, 0) is 11.6 Å². The molecular formula is C17H21N3O4S. The van der Waals surface area contributed by atoms with Crippen LogP contribution in [0.2, 0.25) is 0 Å². The number of ether oxygens (including phenoxy) is 1. The van der Waals surface area contributed by atoms with E-state index in [1.54, 1.807) is 7.05 Å². The molecule has 8 heteroatoms. The van der Waals surface area contributed by atoms with E-state index in [4.69, 9.17) is 5.73 Å². The molecule has 7 nitrogen and oxygen atoms in total. The molecule has 1 aliphatic heterocycles. The molecule has 25 heavy (non-hydrogen) atoms. The van der Waals surface area contributed by atoms with E-state index < -0.39 is 16.0 Å². The summed E-state index contributed by atoms with van der Waals surface area (Å²) in [5.74, 6) is -0.635. The summed E-state index contributed by atoms with van der Waals surface area (Å²) in [6.45, 7) is 0.556. The van der Waals surface area contributed by atoms with Gasteiger partial charge >= 0.3 is 5.97 Å². The van der Waals surface area contributed by atoms with Crippen LogP contribution in [-0.2, 0) is 21.8 Å². The molecule has 0 amide bonds. The highest BCUT2D eigenvalue weighted by atomic mass is 32.2. The fourth-order valence-corrected chi connectivity index (χ4v) is 4.75. The Balaban J connectivity index is 1.88. The van der Waals surface area contributed by atoms with Crippen LogP contribution in [0.1, 0.15) is 22.0 Å². The maximum Gasteiger partial charge on any atom is 0.354 e. The smallest absolute Gasteiger partial charge is 0.354 e. The molecular weight excluding hydrogens is 342 g/mol. The summed E-state index contributed by atoms with van der Waals surface area (Å²) in [6, 6.07) is 10.7. The van der Waals surface area contributed by atoms with Crippen molar-refractivity contribution in [2.75, 3.05) is 20.2 Å². The van der Waals surface area contributed by atoms with E-state index in [0.717, 1.165) is 5.56 Å². The van der Waals surface area contributed by atoms with Gasteiger partial charge in [0.25, 0.3) is 0 Å². The molecule has 1 aromatic heterocycles. The van der Waals surface area contributed by atoms with Gasteiger partial charge in [-0.15, -0.1) is 0 Å². The zero-order valence-corrected chi connectivity index (χ0v) is 14.9. The summed E-state index contributed by atoms with van der Waals surface area (Å²) < 4.78 is 33.4. The molecule has 0 spiro atoms. The highest BCUT2D eigenvalue weighted by Crippen LogP contribution is 2.31. The second-order valence-corrected chi connectivity index (χ2v) is 8.10. The van der Waals surface area contributed by atoms with Crippen LogP contribution in [0.5, 0.6) is 0 Å². The Morgan fingerprint density at radius 3 is 2.56 bits per heavy atom. The van der Waals surface area contributed by atoms with Crippen LogP contribution >= 0.6 is 0 Å². The monoisotopic (exact) mass is 363 g/mol. The number of nitrogens with zero attached hydrogens (tertiary/aromatic N) is 2. The van der Waals surface area contributed by atoms with Crippen LogP contribution < -0.4 is 5.73 Å². The summed E-state index contributed by atoms with van der Waals surface area (Å²) in [6.07, 6.45) is 1.42. The van der Waals surface area contributed by atoms with E-state index >= 15 is 0 Å². The topological polar surface area (TPSA) is 94.6 Å². The third-order valence-electron chi connectivity index (χ3n) is 4.57. The van der Waals surface area contributed by atoms with Gasteiger partial charge in [-0.25, -0.2) is 13.2 Å². The first-order valence-corrected chi connectivity index (χ1v) is 9.34. The molecule has 1 saturated heterocycles. The molecule has 3 rings (SSSR count). The third-order valence-corrected chi connectivity index (χ3v) is 6.37. The third kappa shape index (κ3) is 3.20. The van der Waals surface area contributed by atoms with Gasteiger partial charge in [-0.3, -0.25) is 0 Å². The minimum atomic E-state index is -3.73. The van der Waals surface area contributed by atoms with Gasteiger partial charge in [0.05, 0.1) is 7.11 Å². The lowest BCUT2D eigenvalue weighted by atomic mass is 9.95. The standard InChI is InChI=1S/C17H21N3O4S/c1-19-9-13(8-16(19)17(21)24-2)25(22,23)20-10-14(15(18)11-20)12-6-4-3-5-7-12/h3-9,14-15H,10-11,18H2,1-2H3/t14-,15+/m0/s1. The number of aromatic nitrogens is 1. The van der Waals surface area contributed by atoms with Crippen LogP contribution in [0, 0.1) is 0 Å². The van der Waals surface area contributed by atoms with Crippen molar-refractivity contribution in [3.8, 4) is 0 Å². The number of esters is 1. The molecule has 1 fully saturated rings. The van der Waals surface area contributed by atoms with Crippen LogP contribution in [0.15, 0.2) is 47.5 Å². The lowest BCUT2D eigenvalue weighted by Crippen LogP contribution is -2.32. The molecule has 2 N–H and O–H groups in total. The van der Waals surface area contributed by atoms with E-state index in [-0.39, 0.29) is 29.1 Å². The number of benzene rings is 1. The molecule has 2 atom stereocenters. The summed E-state index contributed by atoms with van der Waals surface area (Å²) in [4.78, 5) is 11.8. The number of methoxy groups -OCH3 is 1. The quantitative estimate of drug-likeness (QED) is 0.816. The largest absolute Gasteiger partial charge is 0.464 e. The lowest BCUT2D eigenvalue weighted by Gasteiger charge is -2.15. The van der Waals surface area contributed by atoms with Gasteiger partial charge in [0.15, 0.2) is 0 Å². The minimum absolute atomic E-state index is 0.0558. The molecule has 0 bridgehead atoms. The summed E-state index contributed by atoms with van der Waals surface area (Å²) >= 11 is 0. The summed E-state index contributed by atoms with van der Waals surface area (Å²) in [7, 11) is -0.869. The van der Waals surface area contributed by atoms with Crippen molar-refractivity contribution < 1.29 is 17.9 Å². The molecule has 0 unspecified atom stereocenters. The van der Waals surface area contributed by atoms with Crippen molar-refractivity contribution in [1.82, 2.24) is 8.87 Å². The second-order valence-electron chi connectivity index (χ2n) is 6.17. The average Bonchev–Trinajstić information content (AvgIpc) is 3.19. The van der Waals surface area contributed by atoms with Gasteiger partial charge in [0.1, 0.15) is 10.6 Å². The molecule has 1 aliphatic rings. The van der Waals surface area contributed by atoms with Crippen molar-refractivity contribution in [1.29, 1.82) is 0 Å². The first kappa shape index (κ1) is 17.7. The zero-order valence-electron chi connectivity index (χ0n) is 14.1. The van der Waals surface area contributed by atoms with Crippen LogP contribution in [0.3, 0.4) is 0 Å². The highest BCUT2D eigenvalue weighted by Gasteiger charge is 2.39. The SMILES string of the molecule is COC(=O)c1cc(S(=O)(=O)N2C[C@@H](N)[C@H](c3ccccc3)C2)cn1C. The Morgan fingerprint density at radius 1 is 1.24 bits per heavy atom. The van der Waals surface area contributed by atoms with Gasteiger partial charge in [-0.2, -0.15) is 4.31 Å². The first-order chi connectivity index (χ1) is 11.8. The lowest BCUT2D eigenvalue weighted by molar-refractivity contribution is 0.0590. The second kappa shape index (κ2) is 6.62. The van der Waals surface area contributed by atoms with Gasteiger partial charge < -0.3 is 15.0 Å². The number of hydrogen-bond donors (Lipinski definition) is 1. The normalized spacial score (nSPS) is 21.4. The van der Waals surface area contributed by atoms with E-state index in [1.165, 1.54) is 28.2 Å². The average molecular weight is 363 g/mol. The number of aryl methyl sites for hydroxylation is 1. The Labute approximate surface area is 147 Å². The van der Waals surface area contributed by atoms with Gasteiger partial charge in [0, 0.05) is 38.3 Å². The number of carbonyl (C=O) groups excluding carboxylic acids is 1. The van der Waals surface area contributed by atoms with Crippen molar-refractivity contribution >= 4 is 16.0 Å². The number of nitrogens with two attached hydrogens (primary N) is 1. The maximum absolute atomic E-state index is 12.9. The molecule has 1 aromatic carbocycles. The number of rotatable bonds is 4. The zero-order chi connectivity index (χ0) is 18.2. The predicted octanol–water partition coefficient (Wildman–Crippen LogP) is 0.927. The molecule has 2 heterocycles. The van der Waals surface area contributed by atoms with E-state index in [1.807, 2.05) is 30.3 Å². The Morgan fingerprint density at radius 2 is 1.92 bits per heavy atom. The molecule has 0 radical (unpaired) electrons. The number of sulfonamides is 1. The Bertz CT molecular complexity index is 877. The van der Waals surface area contributed by atoms with E-state index in [2.05, 4.69) is 4.74 Å². The van der Waals surface area contributed by atoms with Gasteiger partial charge in [-0.1, -0.05) is 30.3 Å². The van der Waals surface area contributed by atoms with E-state index in [9.17, 15) is 13.2 Å². The van der Waals surface area contributed by atoms with E-state index in [0.29, 0.717) is 6.54 Å². The molecule has 0 aliphatic carbocycles. The number of hydrogen-bond acceptors (Lipinski definition) is 5. The van der Waals surface area contributed by atoms with Crippen molar-refractivity contribution in [2.45, 2.75) is 16.9 Å². The van der Waals surface area contributed by atoms with Crippen LogP contribution in [-0.4, -0.2) is 49.5 Å². The summed E-state index contributed by atoms with van der Waals surface area (Å²) in [5, 5.41) is 0. The fraction of sp³-hybridized carbons (Fsp3) is 0.353. The summed E-state index contributed by atoms with van der Waals surface area (Å²) in [5.41, 5.74) is 7.40. The van der Waals surface area contributed by atoms with Crippen molar-refractivity contribution in [2.24, 2.45) is 12.8 Å². The molecule has 134 valence electrons. The first-order valence-electron chi connectivity index (χ1n) is 7.90. The van der Waals surface area contributed by atoms with Crippen LogP contribution in [0.4, 0.5) is 0 Å². The number of carbonyl (C=O) groups is 1. The minimum Gasteiger partial charge on any atom is -0.464 e. The van der Waals surface area contributed by atoms with Gasteiger partial charge in [0.2, 0.25) is 10.0 Å². The fourth-order valence-electron chi connectivity index (χ4n) is 3.17.